The minimum atomic E-state index is 0.0924. The second kappa shape index (κ2) is 5.49. The van der Waals surface area contributed by atoms with Crippen LogP contribution in [0.2, 0.25) is 5.02 Å². The van der Waals surface area contributed by atoms with E-state index in [1.54, 1.807) is 6.92 Å². The van der Waals surface area contributed by atoms with Crippen molar-refractivity contribution in [2.24, 2.45) is 0 Å². The Kier molecular flexibility index (Phi) is 3.42. The van der Waals surface area contributed by atoms with Gasteiger partial charge in [0.05, 0.1) is 11.4 Å². The van der Waals surface area contributed by atoms with Crippen molar-refractivity contribution >= 4 is 34.4 Å². The van der Waals surface area contributed by atoms with Crippen molar-refractivity contribution in [2.45, 2.75) is 13.0 Å². The van der Waals surface area contributed by atoms with Crippen molar-refractivity contribution in [1.29, 1.82) is 0 Å². The van der Waals surface area contributed by atoms with Crippen LogP contribution in [-0.2, 0) is 4.79 Å². The molecule has 7 heteroatoms. The number of nitrogen functional groups attached to an aromatic ring is 1. The average Bonchev–Trinajstić information content (AvgIpc) is 2.87. The third-order valence-electron chi connectivity index (χ3n) is 4.49. The molecule has 1 aromatic carbocycles. The summed E-state index contributed by atoms with van der Waals surface area (Å²) in [4.78, 5) is 21.8. The van der Waals surface area contributed by atoms with Crippen molar-refractivity contribution in [3.05, 3.63) is 41.8 Å². The molecule has 0 atom stereocenters. The van der Waals surface area contributed by atoms with Gasteiger partial charge >= 0.3 is 0 Å². The first-order valence-electron chi connectivity index (χ1n) is 7.67. The van der Waals surface area contributed by atoms with Crippen LogP contribution >= 0.6 is 11.6 Å². The highest BCUT2D eigenvalue weighted by atomic mass is 35.5. The Balaban J connectivity index is 1.83. The smallest absolute Gasteiger partial charge is 0.219 e. The summed E-state index contributed by atoms with van der Waals surface area (Å²) < 4.78 is 2.09. The molecule has 2 aromatic heterocycles. The van der Waals surface area contributed by atoms with E-state index in [9.17, 15) is 4.79 Å². The van der Waals surface area contributed by atoms with E-state index in [0.717, 1.165) is 22.2 Å². The van der Waals surface area contributed by atoms with E-state index in [2.05, 4.69) is 14.5 Å². The predicted molar refractivity (Wildman–Crippen MR) is 93.7 cm³/mol. The number of anilines is 1. The summed E-state index contributed by atoms with van der Waals surface area (Å²) in [7, 11) is 0. The summed E-state index contributed by atoms with van der Waals surface area (Å²) in [6, 6.07) is 7.81. The number of nitrogens with two attached hydrogens (primary N) is 1. The van der Waals surface area contributed by atoms with Gasteiger partial charge in [0.1, 0.15) is 17.8 Å². The molecule has 0 unspecified atom stereocenters. The molecular formula is C17H16ClN5O. The van der Waals surface area contributed by atoms with E-state index in [1.165, 1.54) is 6.33 Å². The normalized spacial score (nSPS) is 14.8. The lowest BCUT2D eigenvalue weighted by molar-refractivity contribution is -0.134. The molecule has 0 saturated carbocycles. The summed E-state index contributed by atoms with van der Waals surface area (Å²) in [5.41, 5.74) is 8.89. The number of rotatable bonds is 2. The van der Waals surface area contributed by atoms with E-state index in [1.807, 2.05) is 35.4 Å². The minimum Gasteiger partial charge on any atom is -0.383 e. The van der Waals surface area contributed by atoms with Crippen molar-refractivity contribution < 1.29 is 4.79 Å². The zero-order valence-corrected chi connectivity index (χ0v) is 13.9. The van der Waals surface area contributed by atoms with Crippen LogP contribution in [0.3, 0.4) is 0 Å². The highest BCUT2D eigenvalue weighted by Gasteiger charge is 2.32. The van der Waals surface area contributed by atoms with Crippen LogP contribution in [0.1, 0.15) is 13.0 Å². The molecule has 122 valence electrons. The van der Waals surface area contributed by atoms with Gasteiger partial charge in [-0.25, -0.2) is 9.97 Å². The highest BCUT2D eigenvalue weighted by molar-refractivity contribution is 6.30. The molecule has 1 aliphatic heterocycles. The van der Waals surface area contributed by atoms with Gasteiger partial charge in [0.25, 0.3) is 0 Å². The van der Waals surface area contributed by atoms with Crippen LogP contribution in [0, 0.1) is 0 Å². The lowest BCUT2D eigenvalue weighted by Crippen LogP contribution is -2.49. The van der Waals surface area contributed by atoms with E-state index in [0.29, 0.717) is 23.9 Å². The fourth-order valence-corrected chi connectivity index (χ4v) is 3.25. The van der Waals surface area contributed by atoms with Crippen LogP contribution in [0.15, 0.2) is 36.8 Å². The molecule has 1 fully saturated rings. The van der Waals surface area contributed by atoms with E-state index in [4.69, 9.17) is 17.3 Å². The maximum atomic E-state index is 11.4. The van der Waals surface area contributed by atoms with Crippen LogP contribution < -0.4 is 5.73 Å². The molecule has 0 aliphatic carbocycles. The number of hydrogen-bond donors (Lipinski definition) is 1. The third-order valence-corrected chi connectivity index (χ3v) is 4.75. The second-order valence-electron chi connectivity index (χ2n) is 5.99. The molecule has 0 spiro atoms. The molecule has 4 rings (SSSR count). The summed E-state index contributed by atoms with van der Waals surface area (Å²) in [5, 5.41) is 1.52. The van der Waals surface area contributed by atoms with Gasteiger partial charge < -0.3 is 15.2 Å². The van der Waals surface area contributed by atoms with Crippen molar-refractivity contribution in [2.75, 3.05) is 18.8 Å². The second-order valence-corrected chi connectivity index (χ2v) is 6.43. The minimum absolute atomic E-state index is 0.0924. The van der Waals surface area contributed by atoms with Gasteiger partial charge in [-0.1, -0.05) is 23.7 Å². The number of amides is 1. The SMILES string of the molecule is CC(=O)N1CC(n2cc(-c3ccc(Cl)cc3)c3c(N)ncnc32)C1. The molecule has 1 amide bonds. The Labute approximate surface area is 143 Å². The molecule has 2 N–H and O–H groups in total. The molecule has 0 bridgehead atoms. The van der Waals surface area contributed by atoms with E-state index in [-0.39, 0.29) is 11.9 Å². The third kappa shape index (κ3) is 2.30. The Morgan fingerprint density at radius 3 is 2.62 bits per heavy atom. The van der Waals surface area contributed by atoms with Crippen molar-refractivity contribution in [3.63, 3.8) is 0 Å². The fourth-order valence-electron chi connectivity index (χ4n) is 3.12. The Bertz CT molecular complexity index is 928. The number of aromatic nitrogens is 3. The van der Waals surface area contributed by atoms with Gasteiger partial charge in [-0.2, -0.15) is 0 Å². The fraction of sp³-hybridized carbons (Fsp3) is 0.235. The molecule has 1 aliphatic rings. The Morgan fingerprint density at radius 2 is 1.96 bits per heavy atom. The van der Waals surface area contributed by atoms with Crippen LogP contribution in [0.25, 0.3) is 22.2 Å². The number of likely N-dealkylation sites (tertiary alicyclic amines) is 1. The molecule has 3 aromatic rings. The van der Waals surface area contributed by atoms with Crippen molar-refractivity contribution in [1.82, 2.24) is 19.4 Å². The number of fused-ring (bicyclic) bond motifs is 1. The lowest BCUT2D eigenvalue weighted by atomic mass is 10.1. The maximum absolute atomic E-state index is 11.4. The van der Waals surface area contributed by atoms with E-state index < -0.39 is 0 Å². The Hall–Kier alpha value is -2.60. The van der Waals surface area contributed by atoms with Gasteiger partial charge in [0.2, 0.25) is 5.91 Å². The molecule has 1 saturated heterocycles. The number of halogens is 1. The largest absolute Gasteiger partial charge is 0.383 e. The number of hydrogen-bond acceptors (Lipinski definition) is 4. The summed E-state index contributed by atoms with van der Waals surface area (Å²) in [5.74, 6) is 0.543. The van der Waals surface area contributed by atoms with Crippen LogP contribution in [-0.4, -0.2) is 38.4 Å². The van der Waals surface area contributed by atoms with Crippen molar-refractivity contribution in [3.8, 4) is 11.1 Å². The van der Waals surface area contributed by atoms with Gasteiger partial charge in [0, 0.05) is 36.8 Å². The number of nitrogens with zero attached hydrogens (tertiary/aromatic N) is 4. The first-order valence-corrected chi connectivity index (χ1v) is 8.05. The number of carbonyl (C=O) groups excluding carboxylic acids is 1. The van der Waals surface area contributed by atoms with Crippen LogP contribution in [0.5, 0.6) is 0 Å². The number of carbonyl (C=O) groups is 1. The zero-order chi connectivity index (χ0) is 16.8. The molecule has 24 heavy (non-hydrogen) atoms. The van der Waals surface area contributed by atoms with E-state index >= 15 is 0 Å². The first kappa shape index (κ1) is 15.0. The zero-order valence-electron chi connectivity index (χ0n) is 13.1. The summed E-state index contributed by atoms with van der Waals surface area (Å²) in [6.07, 6.45) is 3.52. The highest BCUT2D eigenvalue weighted by Crippen LogP contribution is 2.36. The van der Waals surface area contributed by atoms with Gasteiger partial charge in [-0.05, 0) is 17.7 Å². The monoisotopic (exact) mass is 341 g/mol. The average molecular weight is 342 g/mol. The molecular weight excluding hydrogens is 326 g/mol. The molecule has 0 radical (unpaired) electrons. The quantitative estimate of drug-likeness (QED) is 0.777. The molecule has 6 nitrogen and oxygen atoms in total. The summed E-state index contributed by atoms with van der Waals surface area (Å²) >= 11 is 5.99. The lowest BCUT2D eigenvalue weighted by Gasteiger charge is -2.39. The standard InChI is InChI=1S/C17H16ClN5O/c1-10(24)22-6-13(7-22)23-8-14(11-2-4-12(18)5-3-11)15-16(19)20-9-21-17(15)23/h2-5,8-9,13H,6-7H2,1H3,(H2,19,20,21). The Morgan fingerprint density at radius 1 is 1.25 bits per heavy atom. The van der Waals surface area contributed by atoms with Gasteiger partial charge in [0.15, 0.2) is 0 Å². The molecule has 3 heterocycles. The van der Waals surface area contributed by atoms with Gasteiger partial charge in [-0.15, -0.1) is 0 Å². The first-order chi connectivity index (χ1) is 11.5. The van der Waals surface area contributed by atoms with Gasteiger partial charge in [-0.3, -0.25) is 4.79 Å². The summed E-state index contributed by atoms with van der Waals surface area (Å²) in [6.45, 7) is 2.95. The van der Waals surface area contributed by atoms with Crippen LogP contribution in [0.4, 0.5) is 5.82 Å². The predicted octanol–water partition coefficient (Wildman–Crippen LogP) is 2.74. The topological polar surface area (TPSA) is 77.0 Å². The maximum Gasteiger partial charge on any atom is 0.219 e. The number of benzene rings is 1.